The third-order valence-electron chi connectivity index (χ3n) is 4.62. The highest BCUT2D eigenvalue weighted by molar-refractivity contribution is 5.96. The third-order valence-corrected chi connectivity index (χ3v) is 4.62. The predicted octanol–water partition coefficient (Wildman–Crippen LogP) is 2.97. The van der Waals surface area contributed by atoms with E-state index in [-0.39, 0.29) is 23.5 Å². The average molecular weight is 290 g/mol. The van der Waals surface area contributed by atoms with Crippen LogP contribution in [0.4, 0.5) is 5.69 Å². The molecule has 4 heteroatoms. The second-order valence-electron chi connectivity index (χ2n) is 6.37. The summed E-state index contributed by atoms with van der Waals surface area (Å²) in [5, 5.41) is 6.40. The van der Waals surface area contributed by atoms with Crippen LogP contribution >= 0.6 is 0 Å². The molecular formula is C17H26N2O2. The summed E-state index contributed by atoms with van der Waals surface area (Å²) in [6.07, 6.45) is 1.10. The Labute approximate surface area is 127 Å². The highest BCUT2D eigenvalue weighted by Crippen LogP contribution is 2.42. The summed E-state index contributed by atoms with van der Waals surface area (Å²) in [7, 11) is 1.73. The minimum atomic E-state index is -0.0119. The lowest BCUT2D eigenvalue weighted by Crippen LogP contribution is -2.61. The maximum absolute atomic E-state index is 12.4. The fourth-order valence-corrected chi connectivity index (χ4v) is 3.00. The van der Waals surface area contributed by atoms with Crippen molar-refractivity contribution in [3.8, 4) is 0 Å². The zero-order chi connectivity index (χ0) is 15.6. The van der Waals surface area contributed by atoms with E-state index in [1.807, 2.05) is 25.1 Å². The molecule has 1 aliphatic carbocycles. The summed E-state index contributed by atoms with van der Waals surface area (Å²) in [5.41, 5.74) is 2.77. The molecule has 2 unspecified atom stereocenters. The van der Waals surface area contributed by atoms with Crippen LogP contribution < -0.4 is 10.6 Å². The maximum Gasteiger partial charge on any atom is 0.251 e. The smallest absolute Gasteiger partial charge is 0.251 e. The number of benzene rings is 1. The molecule has 1 aromatic rings. The van der Waals surface area contributed by atoms with E-state index >= 15 is 0 Å². The third kappa shape index (κ3) is 3.05. The van der Waals surface area contributed by atoms with Crippen molar-refractivity contribution < 1.29 is 9.53 Å². The zero-order valence-corrected chi connectivity index (χ0v) is 13.6. The van der Waals surface area contributed by atoms with E-state index in [2.05, 4.69) is 31.4 Å². The van der Waals surface area contributed by atoms with Gasteiger partial charge in [0.1, 0.15) is 0 Å². The van der Waals surface area contributed by atoms with Crippen molar-refractivity contribution in [1.82, 2.24) is 5.32 Å². The number of amides is 1. The number of aryl methyl sites for hydroxylation is 1. The molecule has 0 aliphatic heterocycles. The molecule has 1 amide bonds. The van der Waals surface area contributed by atoms with Crippen LogP contribution in [0.5, 0.6) is 0 Å². The number of nitrogens with one attached hydrogen (secondary N) is 2. The van der Waals surface area contributed by atoms with Crippen molar-refractivity contribution in [2.75, 3.05) is 19.0 Å². The van der Waals surface area contributed by atoms with Crippen molar-refractivity contribution in [3.63, 3.8) is 0 Å². The summed E-state index contributed by atoms with van der Waals surface area (Å²) >= 11 is 0. The predicted molar refractivity (Wildman–Crippen MR) is 85.8 cm³/mol. The van der Waals surface area contributed by atoms with E-state index in [0.717, 1.165) is 29.8 Å². The van der Waals surface area contributed by atoms with Crippen LogP contribution in [-0.4, -0.2) is 31.7 Å². The van der Waals surface area contributed by atoms with Gasteiger partial charge in [-0.05, 0) is 44.0 Å². The monoisotopic (exact) mass is 290 g/mol. The van der Waals surface area contributed by atoms with Gasteiger partial charge in [0.05, 0.1) is 6.10 Å². The first-order valence-corrected chi connectivity index (χ1v) is 7.58. The summed E-state index contributed by atoms with van der Waals surface area (Å²) in [4.78, 5) is 12.4. The van der Waals surface area contributed by atoms with Gasteiger partial charge in [-0.3, -0.25) is 4.79 Å². The molecule has 0 aromatic heterocycles. The number of carbonyl (C=O) groups is 1. The van der Waals surface area contributed by atoms with E-state index < -0.39 is 0 Å². The standard InChI is InChI=1S/C17H26N2O2/c1-6-18-12-7-8-13(11(2)9-12)16(20)19-14-10-15(21-5)17(14,3)4/h7-9,14-15,18H,6,10H2,1-5H3,(H,19,20). The molecule has 116 valence electrons. The van der Waals surface area contributed by atoms with Crippen molar-refractivity contribution >= 4 is 11.6 Å². The van der Waals surface area contributed by atoms with Gasteiger partial charge in [0.15, 0.2) is 0 Å². The highest BCUT2D eigenvalue weighted by Gasteiger charge is 2.49. The summed E-state index contributed by atoms with van der Waals surface area (Å²) in [5.74, 6) is 0.00294. The molecule has 1 saturated carbocycles. The van der Waals surface area contributed by atoms with Gasteiger partial charge in [0, 0.05) is 36.4 Å². The molecular weight excluding hydrogens is 264 g/mol. The van der Waals surface area contributed by atoms with E-state index in [1.165, 1.54) is 0 Å². The lowest BCUT2D eigenvalue weighted by Gasteiger charge is -2.51. The van der Waals surface area contributed by atoms with Crippen molar-refractivity contribution in [1.29, 1.82) is 0 Å². The van der Waals surface area contributed by atoms with Crippen LogP contribution in [0.3, 0.4) is 0 Å². The fraction of sp³-hybridized carbons (Fsp3) is 0.588. The van der Waals surface area contributed by atoms with E-state index in [0.29, 0.717) is 0 Å². The molecule has 0 spiro atoms. The quantitative estimate of drug-likeness (QED) is 0.876. The number of anilines is 1. The van der Waals surface area contributed by atoms with Crippen LogP contribution in [0.15, 0.2) is 18.2 Å². The van der Waals surface area contributed by atoms with Gasteiger partial charge in [0.25, 0.3) is 5.91 Å². The summed E-state index contributed by atoms with van der Waals surface area (Å²) in [6, 6.07) is 6.03. The van der Waals surface area contributed by atoms with Crippen LogP contribution in [0, 0.1) is 12.3 Å². The van der Waals surface area contributed by atoms with Gasteiger partial charge < -0.3 is 15.4 Å². The summed E-state index contributed by atoms with van der Waals surface area (Å²) in [6.45, 7) is 9.17. The first kappa shape index (κ1) is 15.8. The molecule has 2 rings (SSSR count). The van der Waals surface area contributed by atoms with Gasteiger partial charge in [-0.2, -0.15) is 0 Å². The first-order chi connectivity index (χ1) is 9.90. The molecule has 2 N–H and O–H groups in total. The van der Waals surface area contributed by atoms with Crippen molar-refractivity contribution in [2.24, 2.45) is 5.41 Å². The molecule has 21 heavy (non-hydrogen) atoms. The number of rotatable bonds is 5. The van der Waals surface area contributed by atoms with E-state index in [9.17, 15) is 4.79 Å². The lowest BCUT2D eigenvalue weighted by atomic mass is 9.64. The molecule has 1 aliphatic rings. The number of methoxy groups -OCH3 is 1. The van der Waals surface area contributed by atoms with Gasteiger partial charge in [-0.1, -0.05) is 13.8 Å². The number of hydrogen-bond donors (Lipinski definition) is 2. The summed E-state index contributed by atoms with van der Waals surface area (Å²) < 4.78 is 5.43. The van der Waals surface area contributed by atoms with Crippen LogP contribution in [0.1, 0.15) is 43.1 Å². The lowest BCUT2D eigenvalue weighted by molar-refractivity contribution is -0.0942. The average Bonchev–Trinajstić information content (AvgIpc) is 2.43. The van der Waals surface area contributed by atoms with E-state index in [1.54, 1.807) is 7.11 Å². The van der Waals surface area contributed by atoms with Crippen LogP contribution in [0.25, 0.3) is 0 Å². The Bertz CT molecular complexity index is 526. The zero-order valence-electron chi connectivity index (χ0n) is 13.6. The fourth-order valence-electron chi connectivity index (χ4n) is 3.00. The Kier molecular flexibility index (Phi) is 4.57. The Balaban J connectivity index is 2.05. The Morgan fingerprint density at radius 2 is 2.14 bits per heavy atom. The van der Waals surface area contributed by atoms with Gasteiger partial charge in [-0.15, -0.1) is 0 Å². The largest absolute Gasteiger partial charge is 0.385 e. The number of hydrogen-bond acceptors (Lipinski definition) is 3. The second-order valence-corrected chi connectivity index (χ2v) is 6.37. The molecule has 0 radical (unpaired) electrons. The molecule has 2 atom stereocenters. The molecule has 0 bridgehead atoms. The Morgan fingerprint density at radius 1 is 1.43 bits per heavy atom. The topological polar surface area (TPSA) is 50.4 Å². The number of ether oxygens (including phenoxy) is 1. The molecule has 0 saturated heterocycles. The molecule has 0 heterocycles. The Morgan fingerprint density at radius 3 is 2.67 bits per heavy atom. The molecule has 4 nitrogen and oxygen atoms in total. The van der Waals surface area contributed by atoms with Crippen LogP contribution in [0.2, 0.25) is 0 Å². The second kappa shape index (κ2) is 6.06. The molecule has 1 aromatic carbocycles. The minimum Gasteiger partial charge on any atom is -0.385 e. The normalized spacial score (nSPS) is 23.3. The van der Waals surface area contributed by atoms with Gasteiger partial charge in [0.2, 0.25) is 0 Å². The van der Waals surface area contributed by atoms with Crippen LogP contribution in [-0.2, 0) is 4.74 Å². The van der Waals surface area contributed by atoms with E-state index in [4.69, 9.17) is 4.74 Å². The van der Waals surface area contributed by atoms with Crippen molar-refractivity contribution in [3.05, 3.63) is 29.3 Å². The minimum absolute atomic E-state index is 0.00294. The van der Waals surface area contributed by atoms with Crippen molar-refractivity contribution in [2.45, 2.75) is 46.3 Å². The van der Waals surface area contributed by atoms with Gasteiger partial charge >= 0.3 is 0 Å². The SMILES string of the molecule is CCNc1ccc(C(=O)NC2CC(OC)C2(C)C)c(C)c1. The number of carbonyl (C=O) groups excluding carboxylic acids is 1. The van der Waals surface area contributed by atoms with Gasteiger partial charge in [-0.25, -0.2) is 0 Å². The first-order valence-electron chi connectivity index (χ1n) is 7.58. The maximum atomic E-state index is 12.4. The highest BCUT2D eigenvalue weighted by atomic mass is 16.5. The molecule has 1 fully saturated rings. The Hall–Kier alpha value is -1.55.